The van der Waals surface area contributed by atoms with Gasteiger partial charge in [0.25, 0.3) is 0 Å². The molecule has 0 amide bonds. The topological polar surface area (TPSA) is 25.4 Å². The van der Waals surface area contributed by atoms with Crippen molar-refractivity contribution >= 4 is 0 Å². The Morgan fingerprint density at radius 1 is 1.62 bits per heavy atom. The lowest BCUT2D eigenvalue weighted by Crippen LogP contribution is -2.28. The summed E-state index contributed by atoms with van der Waals surface area (Å²) in [6.07, 6.45) is 6.15. The molecule has 1 aromatic heterocycles. The minimum atomic E-state index is 0.201. The summed E-state index contributed by atoms with van der Waals surface area (Å²) < 4.78 is 0. The average molecular weight is 178 g/mol. The van der Waals surface area contributed by atoms with Gasteiger partial charge in [-0.3, -0.25) is 9.82 Å². The van der Waals surface area contributed by atoms with E-state index in [1.807, 2.05) is 24.4 Å². The first kappa shape index (κ1) is 8.66. The SMILES string of the molecule is CN1CCC[C@H](c2cccnc2)O1. The van der Waals surface area contributed by atoms with Crippen LogP contribution in [0, 0.1) is 0 Å². The smallest absolute Gasteiger partial charge is 0.106 e. The average Bonchev–Trinajstić information content (AvgIpc) is 2.19. The lowest BCUT2D eigenvalue weighted by Gasteiger charge is -2.29. The summed E-state index contributed by atoms with van der Waals surface area (Å²) in [4.78, 5) is 9.75. The van der Waals surface area contributed by atoms with E-state index >= 15 is 0 Å². The third kappa shape index (κ3) is 2.05. The Morgan fingerprint density at radius 2 is 2.54 bits per heavy atom. The molecule has 0 radical (unpaired) electrons. The molecule has 1 aromatic rings. The van der Waals surface area contributed by atoms with E-state index in [1.165, 1.54) is 12.0 Å². The van der Waals surface area contributed by atoms with Crippen LogP contribution in [0.5, 0.6) is 0 Å². The number of nitrogens with zero attached hydrogens (tertiary/aromatic N) is 2. The lowest BCUT2D eigenvalue weighted by atomic mass is 10.1. The summed E-state index contributed by atoms with van der Waals surface area (Å²) in [7, 11) is 1.97. The molecule has 0 unspecified atom stereocenters. The maximum absolute atomic E-state index is 5.67. The highest BCUT2D eigenvalue weighted by Crippen LogP contribution is 2.26. The molecule has 0 aliphatic carbocycles. The monoisotopic (exact) mass is 178 g/mol. The van der Waals surface area contributed by atoms with E-state index in [0.29, 0.717) is 0 Å². The van der Waals surface area contributed by atoms with Gasteiger partial charge < -0.3 is 0 Å². The molecular weight excluding hydrogens is 164 g/mol. The maximum Gasteiger partial charge on any atom is 0.106 e. The highest BCUT2D eigenvalue weighted by molar-refractivity contribution is 5.12. The van der Waals surface area contributed by atoms with E-state index in [2.05, 4.69) is 11.1 Å². The second-order valence-electron chi connectivity index (χ2n) is 3.37. The van der Waals surface area contributed by atoms with E-state index in [1.54, 1.807) is 6.20 Å². The molecule has 1 fully saturated rings. The fraction of sp³-hybridized carbons (Fsp3) is 0.500. The second-order valence-corrected chi connectivity index (χ2v) is 3.37. The first-order valence-electron chi connectivity index (χ1n) is 4.64. The number of pyridine rings is 1. The van der Waals surface area contributed by atoms with Crippen LogP contribution in [0.25, 0.3) is 0 Å². The quantitative estimate of drug-likeness (QED) is 0.655. The summed E-state index contributed by atoms with van der Waals surface area (Å²) in [6, 6.07) is 4.02. The van der Waals surface area contributed by atoms with Crippen molar-refractivity contribution in [3.8, 4) is 0 Å². The zero-order valence-electron chi connectivity index (χ0n) is 7.81. The Labute approximate surface area is 78.3 Å². The van der Waals surface area contributed by atoms with Gasteiger partial charge in [-0.15, -0.1) is 0 Å². The summed E-state index contributed by atoms with van der Waals surface area (Å²) in [5.41, 5.74) is 1.18. The zero-order chi connectivity index (χ0) is 9.10. The van der Waals surface area contributed by atoms with Crippen molar-refractivity contribution in [3.05, 3.63) is 30.1 Å². The van der Waals surface area contributed by atoms with Gasteiger partial charge in [0.2, 0.25) is 0 Å². The molecule has 3 heteroatoms. The molecule has 1 aliphatic heterocycles. The van der Waals surface area contributed by atoms with Crippen LogP contribution in [0.2, 0.25) is 0 Å². The van der Waals surface area contributed by atoms with Gasteiger partial charge in [0.15, 0.2) is 0 Å². The molecule has 1 saturated heterocycles. The Hall–Kier alpha value is -0.930. The van der Waals surface area contributed by atoms with Crippen molar-refractivity contribution in [2.24, 2.45) is 0 Å². The largest absolute Gasteiger partial charge is 0.291 e. The van der Waals surface area contributed by atoms with E-state index in [-0.39, 0.29) is 6.10 Å². The molecule has 3 nitrogen and oxygen atoms in total. The molecule has 13 heavy (non-hydrogen) atoms. The van der Waals surface area contributed by atoms with Crippen LogP contribution >= 0.6 is 0 Å². The molecular formula is C10H14N2O. The minimum absolute atomic E-state index is 0.201. The third-order valence-electron chi connectivity index (χ3n) is 2.30. The van der Waals surface area contributed by atoms with Crippen LogP contribution < -0.4 is 0 Å². The summed E-state index contributed by atoms with van der Waals surface area (Å²) in [5, 5.41) is 1.90. The van der Waals surface area contributed by atoms with Crippen LogP contribution in [0.3, 0.4) is 0 Å². The molecule has 0 saturated carbocycles. The lowest BCUT2D eigenvalue weighted by molar-refractivity contribution is -0.208. The van der Waals surface area contributed by atoms with Crippen LogP contribution in [-0.4, -0.2) is 23.6 Å². The van der Waals surface area contributed by atoms with Gasteiger partial charge in [0, 0.05) is 31.5 Å². The third-order valence-corrected chi connectivity index (χ3v) is 2.30. The van der Waals surface area contributed by atoms with Crippen LogP contribution in [-0.2, 0) is 4.84 Å². The van der Waals surface area contributed by atoms with Crippen molar-refractivity contribution in [1.29, 1.82) is 0 Å². The van der Waals surface area contributed by atoms with Gasteiger partial charge in [0.05, 0.1) is 0 Å². The van der Waals surface area contributed by atoms with Gasteiger partial charge in [-0.1, -0.05) is 6.07 Å². The maximum atomic E-state index is 5.67. The van der Waals surface area contributed by atoms with Gasteiger partial charge >= 0.3 is 0 Å². The summed E-state index contributed by atoms with van der Waals surface area (Å²) >= 11 is 0. The van der Waals surface area contributed by atoms with Crippen molar-refractivity contribution < 1.29 is 4.84 Å². The van der Waals surface area contributed by atoms with Crippen LogP contribution in [0.15, 0.2) is 24.5 Å². The molecule has 2 rings (SSSR count). The molecule has 1 aliphatic rings. The van der Waals surface area contributed by atoms with E-state index in [4.69, 9.17) is 4.84 Å². The summed E-state index contributed by atoms with van der Waals surface area (Å²) in [6.45, 7) is 1.02. The van der Waals surface area contributed by atoms with E-state index < -0.39 is 0 Å². The molecule has 2 heterocycles. The number of aromatic nitrogens is 1. The molecule has 0 N–H and O–H groups in total. The van der Waals surface area contributed by atoms with Gasteiger partial charge in [-0.2, -0.15) is 5.06 Å². The van der Waals surface area contributed by atoms with Crippen molar-refractivity contribution in [3.63, 3.8) is 0 Å². The fourth-order valence-corrected chi connectivity index (χ4v) is 1.62. The number of hydrogen-bond donors (Lipinski definition) is 0. The van der Waals surface area contributed by atoms with Crippen molar-refractivity contribution in [2.45, 2.75) is 18.9 Å². The van der Waals surface area contributed by atoms with Crippen molar-refractivity contribution in [1.82, 2.24) is 10.0 Å². The standard InChI is InChI=1S/C10H14N2O/c1-12-7-3-5-10(13-12)9-4-2-6-11-8-9/h2,4,6,8,10H,3,5,7H2,1H3/t10-/m1/s1. The van der Waals surface area contributed by atoms with Crippen LogP contribution in [0.1, 0.15) is 24.5 Å². The van der Waals surface area contributed by atoms with E-state index in [9.17, 15) is 0 Å². The minimum Gasteiger partial charge on any atom is -0.291 e. The van der Waals surface area contributed by atoms with E-state index in [0.717, 1.165) is 13.0 Å². The predicted molar refractivity (Wildman–Crippen MR) is 49.9 cm³/mol. The molecule has 0 spiro atoms. The first-order chi connectivity index (χ1) is 6.36. The number of rotatable bonds is 1. The van der Waals surface area contributed by atoms with Crippen LogP contribution in [0.4, 0.5) is 0 Å². The first-order valence-corrected chi connectivity index (χ1v) is 4.64. The molecule has 1 atom stereocenters. The zero-order valence-corrected chi connectivity index (χ0v) is 7.81. The molecule has 70 valence electrons. The summed E-state index contributed by atoms with van der Waals surface area (Å²) in [5.74, 6) is 0. The highest BCUT2D eigenvalue weighted by Gasteiger charge is 2.19. The fourth-order valence-electron chi connectivity index (χ4n) is 1.62. The van der Waals surface area contributed by atoms with Crippen molar-refractivity contribution in [2.75, 3.05) is 13.6 Å². The highest BCUT2D eigenvalue weighted by atomic mass is 16.7. The molecule has 0 bridgehead atoms. The number of hydroxylamine groups is 2. The van der Waals surface area contributed by atoms with Gasteiger partial charge in [0.1, 0.15) is 6.10 Å². The normalized spacial score (nSPS) is 24.5. The van der Waals surface area contributed by atoms with Gasteiger partial charge in [-0.25, -0.2) is 0 Å². The van der Waals surface area contributed by atoms with Gasteiger partial charge in [-0.05, 0) is 18.9 Å². The second kappa shape index (κ2) is 3.85. The Bertz CT molecular complexity index is 263. The Morgan fingerprint density at radius 3 is 3.23 bits per heavy atom. The molecule has 0 aromatic carbocycles. The number of hydrogen-bond acceptors (Lipinski definition) is 3. The Balaban J connectivity index is 2.08. The predicted octanol–water partition coefficient (Wildman–Crippen LogP) is 1.78. The Kier molecular flexibility index (Phi) is 2.57.